The van der Waals surface area contributed by atoms with Gasteiger partial charge in [0.1, 0.15) is 5.82 Å². The molecule has 3 nitrogen and oxygen atoms in total. The summed E-state index contributed by atoms with van der Waals surface area (Å²) in [5, 5.41) is 0.688. The predicted molar refractivity (Wildman–Crippen MR) is 59.4 cm³/mol. The van der Waals surface area contributed by atoms with Gasteiger partial charge in [0.05, 0.1) is 17.2 Å². The van der Waals surface area contributed by atoms with Crippen LogP contribution in [-0.2, 0) is 4.74 Å². The molecule has 0 aromatic carbocycles. The zero-order chi connectivity index (χ0) is 10.3. The standard InChI is InChI=1S/C11H13ClN2O/c12-9-1-2-10(13-7-9)14-5-6-15-11(8-14)3-4-11/h1-2,7H,3-6,8H2. The van der Waals surface area contributed by atoms with Crippen LogP contribution in [0.15, 0.2) is 18.3 Å². The fourth-order valence-electron chi connectivity index (χ4n) is 2.04. The first kappa shape index (κ1) is 9.43. The number of rotatable bonds is 1. The van der Waals surface area contributed by atoms with Crippen molar-refractivity contribution >= 4 is 17.4 Å². The summed E-state index contributed by atoms with van der Waals surface area (Å²) in [5.74, 6) is 1.01. The van der Waals surface area contributed by atoms with Crippen LogP contribution < -0.4 is 4.90 Å². The minimum absolute atomic E-state index is 0.152. The van der Waals surface area contributed by atoms with Crippen molar-refractivity contribution in [3.63, 3.8) is 0 Å². The van der Waals surface area contributed by atoms with Crippen LogP contribution in [-0.4, -0.2) is 30.3 Å². The average Bonchev–Trinajstić information content (AvgIpc) is 2.99. The van der Waals surface area contributed by atoms with E-state index in [9.17, 15) is 0 Å². The van der Waals surface area contributed by atoms with Gasteiger partial charge in [-0.1, -0.05) is 11.6 Å². The fraction of sp³-hybridized carbons (Fsp3) is 0.545. The van der Waals surface area contributed by atoms with E-state index < -0.39 is 0 Å². The van der Waals surface area contributed by atoms with Gasteiger partial charge in [-0.2, -0.15) is 0 Å². The Morgan fingerprint density at radius 3 is 2.93 bits per heavy atom. The van der Waals surface area contributed by atoms with Crippen LogP contribution in [0.2, 0.25) is 5.02 Å². The van der Waals surface area contributed by atoms with Crippen LogP contribution in [0.3, 0.4) is 0 Å². The molecule has 4 heteroatoms. The lowest BCUT2D eigenvalue weighted by molar-refractivity contribution is 0.0204. The third-order valence-electron chi connectivity index (χ3n) is 3.09. The Kier molecular flexibility index (Phi) is 2.11. The summed E-state index contributed by atoms with van der Waals surface area (Å²) < 4.78 is 5.76. The van der Waals surface area contributed by atoms with Crippen LogP contribution in [0.5, 0.6) is 0 Å². The van der Waals surface area contributed by atoms with Gasteiger partial charge in [-0.05, 0) is 25.0 Å². The molecule has 15 heavy (non-hydrogen) atoms. The van der Waals surface area contributed by atoms with Crippen molar-refractivity contribution in [1.82, 2.24) is 4.98 Å². The quantitative estimate of drug-likeness (QED) is 0.731. The first-order chi connectivity index (χ1) is 7.27. The molecular weight excluding hydrogens is 212 g/mol. The number of anilines is 1. The highest BCUT2D eigenvalue weighted by molar-refractivity contribution is 6.30. The molecular formula is C11H13ClN2O. The lowest BCUT2D eigenvalue weighted by atomic mass is 10.2. The third-order valence-corrected chi connectivity index (χ3v) is 3.32. The largest absolute Gasteiger partial charge is 0.371 e. The van der Waals surface area contributed by atoms with Gasteiger partial charge in [-0.25, -0.2) is 4.98 Å². The maximum atomic E-state index is 5.81. The molecule has 1 aliphatic heterocycles. The second kappa shape index (κ2) is 3.35. The first-order valence-electron chi connectivity index (χ1n) is 5.28. The molecule has 0 unspecified atom stereocenters. The highest BCUT2D eigenvalue weighted by Gasteiger charge is 2.47. The molecule has 1 spiro atoms. The summed E-state index contributed by atoms with van der Waals surface area (Å²) in [5.41, 5.74) is 0.152. The molecule has 1 saturated carbocycles. The number of hydrogen-bond donors (Lipinski definition) is 0. The van der Waals surface area contributed by atoms with E-state index in [-0.39, 0.29) is 5.60 Å². The smallest absolute Gasteiger partial charge is 0.128 e. The van der Waals surface area contributed by atoms with E-state index in [2.05, 4.69) is 9.88 Å². The van der Waals surface area contributed by atoms with Crippen molar-refractivity contribution in [2.75, 3.05) is 24.6 Å². The van der Waals surface area contributed by atoms with Crippen LogP contribution in [0.4, 0.5) is 5.82 Å². The van der Waals surface area contributed by atoms with E-state index in [1.165, 1.54) is 12.8 Å². The molecule has 2 aliphatic rings. The van der Waals surface area contributed by atoms with E-state index >= 15 is 0 Å². The average molecular weight is 225 g/mol. The molecule has 2 heterocycles. The molecule has 3 rings (SSSR count). The van der Waals surface area contributed by atoms with Gasteiger partial charge in [-0.15, -0.1) is 0 Å². The van der Waals surface area contributed by atoms with Crippen LogP contribution in [0, 0.1) is 0 Å². The molecule has 1 saturated heterocycles. The van der Waals surface area contributed by atoms with Crippen LogP contribution in [0.25, 0.3) is 0 Å². The topological polar surface area (TPSA) is 25.4 Å². The number of pyridine rings is 1. The van der Waals surface area contributed by atoms with Gasteiger partial charge in [0.2, 0.25) is 0 Å². The molecule has 1 aliphatic carbocycles. The Labute approximate surface area is 94.0 Å². The Hall–Kier alpha value is -0.800. The van der Waals surface area contributed by atoms with Crippen molar-refractivity contribution in [1.29, 1.82) is 0 Å². The van der Waals surface area contributed by atoms with Crippen molar-refractivity contribution in [2.45, 2.75) is 18.4 Å². The maximum absolute atomic E-state index is 5.81. The maximum Gasteiger partial charge on any atom is 0.128 e. The molecule has 0 atom stereocenters. The summed E-state index contributed by atoms with van der Waals surface area (Å²) in [6.07, 6.45) is 4.08. The van der Waals surface area contributed by atoms with E-state index in [0.717, 1.165) is 25.5 Å². The normalized spacial score (nSPS) is 23.1. The van der Waals surface area contributed by atoms with Gasteiger partial charge in [0.25, 0.3) is 0 Å². The number of nitrogens with zero attached hydrogens (tertiary/aromatic N) is 2. The summed E-state index contributed by atoms with van der Waals surface area (Å²) in [6.45, 7) is 2.71. The van der Waals surface area contributed by atoms with E-state index in [1.807, 2.05) is 12.1 Å². The Balaban J connectivity index is 1.78. The van der Waals surface area contributed by atoms with Crippen molar-refractivity contribution in [3.05, 3.63) is 23.4 Å². The second-order valence-electron chi connectivity index (χ2n) is 4.29. The third kappa shape index (κ3) is 1.82. The second-order valence-corrected chi connectivity index (χ2v) is 4.72. The van der Waals surface area contributed by atoms with Crippen molar-refractivity contribution < 1.29 is 4.74 Å². The molecule has 0 radical (unpaired) electrons. The number of morpholine rings is 1. The molecule has 80 valence electrons. The first-order valence-corrected chi connectivity index (χ1v) is 5.66. The number of halogens is 1. The van der Waals surface area contributed by atoms with E-state index in [0.29, 0.717) is 5.02 Å². The van der Waals surface area contributed by atoms with Crippen molar-refractivity contribution in [2.24, 2.45) is 0 Å². The zero-order valence-electron chi connectivity index (χ0n) is 8.45. The summed E-state index contributed by atoms with van der Waals surface area (Å²) in [6, 6.07) is 3.86. The molecule has 1 aromatic heterocycles. The zero-order valence-corrected chi connectivity index (χ0v) is 9.20. The minimum atomic E-state index is 0.152. The Morgan fingerprint density at radius 2 is 2.27 bits per heavy atom. The summed E-state index contributed by atoms with van der Waals surface area (Å²) in [4.78, 5) is 6.62. The molecule has 2 fully saturated rings. The Bertz CT molecular complexity index is 361. The van der Waals surface area contributed by atoms with Gasteiger partial charge in [0.15, 0.2) is 0 Å². The number of aromatic nitrogens is 1. The molecule has 0 bridgehead atoms. The van der Waals surface area contributed by atoms with Gasteiger partial charge in [0, 0.05) is 19.3 Å². The molecule has 0 N–H and O–H groups in total. The van der Waals surface area contributed by atoms with Crippen LogP contribution in [0.1, 0.15) is 12.8 Å². The minimum Gasteiger partial charge on any atom is -0.371 e. The predicted octanol–water partition coefficient (Wildman–Crippen LogP) is 2.10. The number of hydrogen-bond acceptors (Lipinski definition) is 3. The van der Waals surface area contributed by atoms with Gasteiger partial charge < -0.3 is 9.64 Å². The van der Waals surface area contributed by atoms with Crippen LogP contribution >= 0.6 is 11.6 Å². The van der Waals surface area contributed by atoms with Gasteiger partial charge in [-0.3, -0.25) is 0 Å². The lowest BCUT2D eigenvalue weighted by Gasteiger charge is -2.34. The summed E-state index contributed by atoms with van der Waals surface area (Å²) >= 11 is 5.81. The fourth-order valence-corrected chi connectivity index (χ4v) is 2.15. The van der Waals surface area contributed by atoms with Crippen molar-refractivity contribution in [3.8, 4) is 0 Å². The monoisotopic (exact) mass is 224 g/mol. The Morgan fingerprint density at radius 1 is 1.40 bits per heavy atom. The summed E-state index contributed by atoms with van der Waals surface area (Å²) in [7, 11) is 0. The number of ether oxygens (including phenoxy) is 1. The van der Waals surface area contributed by atoms with E-state index in [1.54, 1.807) is 6.20 Å². The highest BCUT2D eigenvalue weighted by atomic mass is 35.5. The lowest BCUT2D eigenvalue weighted by Crippen LogP contribution is -2.44. The van der Waals surface area contributed by atoms with E-state index in [4.69, 9.17) is 16.3 Å². The van der Waals surface area contributed by atoms with Gasteiger partial charge >= 0.3 is 0 Å². The highest BCUT2D eigenvalue weighted by Crippen LogP contribution is 2.42. The molecule has 1 aromatic rings. The molecule has 0 amide bonds. The SMILES string of the molecule is Clc1ccc(N2CCOC3(CC3)C2)nc1.